The Morgan fingerprint density at radius 3 is 2.28 bits per heavy atom. The lowest BCUT2D eigenvalue weighted by Gasteiger charge is -2.19. The van der Waals surface area contributed by atoms with Crippen molar-refractivity contribution in [1.82, 2.24) is 0 Å². The van der Waals surface area contributed by atoms with Crippen molar-refractivity contribution in [3.63, 3.8) is 0 Å². The highest BCUT2D eigenvalue weighted by Crippen LogP contribution is 2.30. The quantitative estimate of drug-likeness (QED) is 0.493. The Hall–Kier alpha value is -4.00. The van der Waals surface area contributed by atoms with Gasteiger partial charge in [0.1, 0.15) is 6.61 Å². The van der Waals surface area contributed by atoms with E-state index in [4.69, 9.17) is 9.15 Å². The van der Waals surface area contributed by atoms with Gasteiger partial charge < -0.3 is 13.9 Å². The smallest absolute Gasteiger partial charge is 0.374 e. The van der Waals surface area contributed by atoms with Gasteiger partial charge in [-0.3, -0.25) is 9.59 Å². The Bertz CT molecular complexity index is 1170. The lowest BCUT2D eigenvalue weighted by molar-refractivity contribution is 0.0451. The van der Waals surface area contributed by atoms with E-state index < -0.39 is 17.7 Å². The Morgan fingerprint density at radius 2 is 1.55 bits per heavy atom. The maximum Gasteiger partial charge on any atom is 0.374 e. The van der Waals surface area contributed by atoms with Crippen LogP contribution in [0.5, 0.6) is 0 Å². The van der Waals surface area contributed by atoms with Gasteiger partial charge in [-0.25, -0.2) is 9.59 Å². The van der Waals surface area contributed by atoms with E-state index in [2.05, 4.69) is 4.74 Å². The van der Waals surface area contributed by atoms with Gasteiger partial charge in [0.15, 0.2) is 11.6 Å². The maximum atomic E-state index is 13.0. The minimum absolute atomic E-state index is 0.0153. The lowest BCUT2D eigenvalue weighted by Crippen LogP contribution is -2.24. The second-order valence-corrected chi connectivity index (χ2v) is 6.27. The second kappa shape index (κ2) is 7.20. The van der Waals surface area contributed by atoms with Crippen LogP contribution in [0.2, 0.25) is 0 Å². The molecule has 0 atom stereocenters. The molecule has 3 aromatic rings. The van der Waals surface area contributed by atoms with Crippen LogP contribution in [0.4, 0.5) is 0 Å². The highest BCUT2D eigenvalue weighted by molar-refractivity contribution is 6.30. The number of ketones is 2. The zero-order valence-corrected chi connectivity index (χ0v) is 15.3. The Morgan fingerprint density at radius 1 is 0.862 bits per heavy atom. The molecule has 0 spiro atoms. The molecule has 0 fully saturated rings. The predicted octanol–water partition coefficient (Wildman–Crippen LogP) is 3.20. The van der Waals surface area contributed by atoms with E-state index in [9.17, 15) is 19.2 Å². The summed E-state index contributed by atoms with van der Waals surface area (Å²) in [6.07, 6.45) is 1.28. The van der Waals surface area contributed by atoms with Crippen LogP contribution in [0.1, 0.15) is 58.3 Å². The van der Waals surface area contributed by atoms with E-state index in [1.807, 2.05) is 0 Å². The maximum absolute atomic E-state index is 13.0. The van der Waals surface area contributed by atoms with Gasteiger partial charge in [0.2, 0.25) is 5.76 Å². The van der Waals surface area contributed by atoms with Gasteiger partial charge in [-0.2, -0.15) is 0 Å². The Balaban J connectivity index is 1.65. The van der Waals surface area contributed by atoms with Gasteiger partial charge in [-0.05, 0) is 12.1 Å². The fourth-order valence-corrected chi connectivity index (χ4v) is 3.26. The molecule has 7 heteroatoms. The van der Waals surface area contributed by atoms with Crippen LogP contribution in [0, 0.1) is 0 Å². The minimum Gasteiger partial charge on any atom is -0.463 e. The van der Waals surface area contributed by atoms with Gasteiger partial charge in [0.05, 0.1) is 18.9 Å². The van der Waals surface area contributed by atoms with Crippen molar-refractivity contribution in [2.75, 3.05) is 7.11 Å². The Labute approximate surface area is 164 Å². The van der Waals surface area contributed by atoms with Crippen LogP contribution in [0.3, 0.4) is 0 Å². The largest absolute Gasteiger partial charge is 0.463 e. The molecule has 0 bridgehead atoms. The third-order valence-electron chi connectivity index (χ3n) is 4.65. The molecule has 1 aliphatic carbocycles. The zero-order chi connectivity index (χ0) is 20.5. The average molecular weight is 390 g/mol. The molecule has 0 amide bonds. The Kier molecular flexibility index (Phi) is 4.56. The number of carbonyl (C=O) groups is 4. The molecule has 29 heavy (non-hydrogen) atoms. The van der Waals surface area contributed by atoms with Crippen LogP contribution >= 0.6 is 0 Å². The fourth-order valence-electron chi connectivity index (χ4n) is 3.26. The van der Waals surface area contributed by atoms with Gasteiger partial charge in [-0.15, -0.1) is 0 Å². The standard InChI is InChI=1S/C22H14O7/c1-27-22(26)20-12(9-10-28-20)11-29-21(25)16-8-4-7-15-17(16)19(24)14-6-3-2-5-13(14)18(15)23/h2-10H,11H2,1H3. The molecule has 0 radical (unpaired) electrons. The van der Waals surface area contributed by atoms with Crippen LogP contribution in [-0.2, 0) is 16.1 Å². The SMILES string of the molecule is COC(=O)c1occc1COC(=O)c1cccc2c1C(=O)c1ccccc1C2=O. The lowest BCUT2D eigenvalue weighted by atomic mass is 9.82. The summed E-state index contributed by atoms with van der Waals surface area (Å²) in [5.41, 5.74) is 1.02. The van der Waals surface area contributed by atoms with Crippen molar-refractivity contribution in [2.24, 2.45) is 0 Å². The van der Waals surface area contributed by atoms with Crippen molar-refractivity contribution in [3.8, 4) is 0 Å². The number of rotatable bonds is 4. The van der Waals surface area contributed by atoms with Crippen LogP contribution in [0.15, 0.2) is 59.2 Å². The van der Waals surface area contributed by atoms with E-state index in [1.165, 1.54) is 37.6 Å². The summed E-state index contributed by atoms with van der Waals surface area (Å²) in [5, 5.41) is 0. The van der Waals surface area contributed by atoms with E-state index in [0.29, 0.717) is 11.1 Å². The van der Waals surface area contributed by atoms with Gasteiger partial charge in [0.25, 0.3) is 0 Å². The number of ether oxygens (including phenoxy) is 2. The summed E-state index contributed by atoms with van der Waals surface area (Å²) in [5.74, 6) is -2.31. The summed E-state index contributed by atoms with van der Waals surface area (Å²) in [6, 6.07) is 12.4. The first-order valence-corrected chi connectivity index (χ1v) is 8.66. The van der Waals surface area contributed by atoms with Crippen LogP contribution in [0.25, 0.3) is 0 Å². The van der Waals surface area contributed by atoms with E-state index in [1.54, 1.807) is 24.3 Å². The molecule has 4 rings (SSSR count). The molecule has 7 nitrogen and oxygen atoms in total. The number of hydrogen-bond donors (Lipinski definition) is 0. The molecule has 1 heterocycles. The van der Waals surface area contributed by atoms with Crippen molar-refractivity contribution >= 4 is 23.5 Å². The first-order chi connectivity index (χ1) is 14.0. The third kappa shape index (κ3) is 3.02. The summed E-state index contributed by atoms with van der Waals surface area (Å²) >= 11 is 0. The highest BCUT2D eigenvalue weighted by Gasteiger charge is 2.33. The van der Waals surface area contributed by atoms with Crippen molar-refractivity contribution < 1.29 is 33.1 Å². The number of hydrogen-bond acceptors (Lipinski definition) is 7. The van der Waals surface area contributed by atoms with Crippen molar-refractivity contribution in [2.45, 2.75) is 6.61 Å². The van der Waals surface area contributed by atoms with E-state index in [0.717, 1.165) is 0 Å². The summed E-state index contributed by atoms with van der Waals surface area (Å²) < 4.78 is 14.9. The number of esters is 2. The normalized spacial score (nSPS) is 12.2. The van der Waals surface area contributed by atoms with Crippen LogP contribution in [-0.4, -0.2) is 30.6 Å². The first kappa shape index (κ1) is 18.4. The first-order valence-electron chi connectivity index (χ1n) is 8.66. The highest BCUT2D eigenvalue weighted by atomic mass is 16.5. The summed E-state index contributed by atoms with van der Waals surface area (Å²) in [4.78, 5) is 50.1. The van der Waals surface area contributed by atoms with E-state index >= 15 is 0 Å². The molecule has 144 valence electrons. The molecule has 0 N–H and O–H groups in total. The predicted molar refractivity (Wildman–Crippen MR) is 98.9 cm³/mol. The van der Waals surface area contributed by atoms with Crippen LogP contribution < -0.4 is 0 Å². The number of benzene rings is 2. The molecule has 0 saturated carbocycles. The molecular weight excluding hydrogens is 376 g/mol. The van der Waals surface area contributed by atoms with Crippen molar-refractivity contribution in [3.05, 3.63) is 93.9 Å². The summed E-state index contributed by atoms with van der Waals surface area (Å²) in [6.45, 7) is -0.262. The van der Waals surface area contributed by atoms with Gasteiger partial charge in [-0.1, -0.05) is 36.4 Å². The zero-order valence-electron chi connectivity index (χ0n) is 15.3. The molecule has 1 aromatic heterocycles. The number of carbonyl (C=O) groups excluding carboxylic acids is 4. The second-order valence-electron chi connectivity index (χ2n) is 6.27. The average Bonchev–Trinajstić information content (AvgIpc) is 3.23. The number of methoxy groups -OCH3 is 1. The summed E-state index contributed by atoms with van der Waals surface area (Å²) in [7, 11) is 1.21. The molecule has 2 aromatic carbocycles. The minimum atomic E-state index is -0.792. The molecule has 1 aliphatic rings. The van der Waals surface area contributed by atoms with Gasteiger partial charge in [0, 0.05) is 27.8 Å². The number of furan rings is 1. The molecular formula is C22H14O7. The monoisotopic (exact) mass is 390 g/mol. The molecule has 0 unspecified atom stereocenters. The van der Waals surface area contributed by atoms with E-state index in [-0.39, 0.29) is 40.4 Å². The number of fused-ring (bicyclic) bond motifs is 2. The molecule has 0 aliphatic heterocycles. The van der Waals surface area contributed by atoms with Crippen molar-refractivity contribution in [1.29, 1.82) is 0 Å². The fraction of sp³-hybridized carbons (Fsp3) is 0.0909. The van der Waals surface area contributed by atoms with Gasteiger partial charge >= 0.3 is 11.9 Å². The third-order valence-corrected chi connectivity index (χ3v) is 4.65. The molecule has 0 saturated heterocycles. The topological polar surface area (TPSA) is 99.9 Å².